The van der Waals surface area contributed by atoms with E-state index in [0.717, 1.165) is 0 Å². The second-order valence-corrected chi connectivity index (χ2v) is 9.31. The Balaban J connectivity index is 2.40. The zero-order chi connectivity index (χ0) is 25.5. The molecule has 0 radical (unpaired) electrons. The number of aldehydes is 3. The summed E-state index contributed by atoms with van der Waals surface area (Å²) < 4.78 is 6.10. The number of phenols is 5. The number of rotatable bonds is 7. The van der Waals surface area contributed by atoms with Crippen LogP contribution in [0.2, 0.25) is 0 Å². The van der Waals surface area contributed by atoms with Gasteiger partial charge in [0.2, 0.25) is 0 Å². The first-order chi connectivity index (χ1) is 16.0. The average molecular weight is 472 g/mol. The Morgan fingerprint density at radius 1 is 0.794 bits per heavy atom. The third-order valence-electron chi connectivity index (χ3n) is 6.42. The quantitative estimate of drug-likeness (QED) is 0.372. The summed E-state index contributed by atoms with van der Waals surface area (Å²) in [5, 5.41) is 53.0. The lowest BCUT2D eigenvalue weighted by molar-refractivity contribution is 0.0508. The van der Waals surface area contributed by atoms with Crippen LogP contribution >= 0.6 is 0 Å². The highest BCUT2D eigenvalue weighted by Gasteiger charge is 2.46. The van der Waals surface area contributed by atoms with E-state index in [1.54, 1.807) is 0 Å². The van der Waals surface area contributed by atoms with Crippen molar-refractivity contribution in [2.45, 2.75) is 46.1 Å². The van der Waals surface area contributed by atoms with Gasteiger partial charge in [0.05, 0.1) is 22.3 Å². The van der Waals surface area contributed by atoms with Crippen LogP contribution in [0.3, 0.4) is 0 Å². The predicted molar refractivity (Wildman–Crippen MR) is 121 cm³/mol. The van der Waals surface area contributed by atoms with Crippen LogP contribution in [-0.4, -0.2) is 44.4 Å². The molecule has 2 aromatic carbocycles. The molecule has 0 saturated carbocycles. The zero-order valence-corrected chi connectivity index (χ0v) is 19.3. The van der Waals surface area contributed by atoms with E-state index in [-0.39, 0.29) is 41.3 Å². The van der Waals surface area contributed by atoms with Crippen LogP contribution in [0.25, 0.3) is 0 Å². The van der Waals surface area contributed by atoms with Crippen LogP contribution in [0.1, 0.15) is 88.3 Å². The van der Waals surface area contributed by atoms with Gasteiger partial charge in [0.15, 0.2) is 18.9 Å². The van der Waals surface area contributed by atoms with E-state index in [2.05, 4.69) is 0 Å². The van der Waals surface area contributed by atoms with Gasteiger partial charge < -0.3 is 30.3 Å². The summed E-state index contributed by atoms with van der Waals surface area (Å²) in [5.41, 5.74) is -1.38. The van der Waals surface area contributed by atoms with E-state index in [9.17, 15) is 39.9 Å². The number of aromatic hydroxyl groups is 5. The molecule has 5 N–H and O–H groups in total. The first kappa shape index (κ1) is 24.9. The van der Waals surface area contributed by atoms with E-state index in [0.29, 0.717) is 18.3 Å². The minimum atomic E-state index is -1.13. The Bertz CT molecular complexity index is 1120. The van der Waals surface area contributed by atoms with Gasteiger partial charge in [0, 0.05) is 17.5 Å². The van der Waals surface area contributed by atoms with Crippen molar-refractivity contribution in [2.75, 3.05) is 0 Å². The fraction of sp³-hybridized carbons (Fsp3) is 0.400. The van der Waals surface area contributed by atoms with Gasteiger partial charge in [-0.05, 0) is 24.2 Å². The normalized spacial score (nSPS) is 19.5. The monoisotopic (exact) mass is 472 g/mol. The van der Waals surface area contributed by atoms with E-state index in [4.69, 9.17) is 4.74 Å². The molecule has 9 nitrogen and oxygen atoms in total. The van der Waals surface area contributed by atoms with E-state index in [1.165, 1.54) is 6.07 Å². The summed E-state index contributed by atoms with van der Waals surface area (Å²) in [6.45, 7) is 7.66. The van der Waals surface area contributed by atoms with Gasteiger partial charge in [-0.3, -0.25) is 14.4 Å². The molecular formula is C25H28O9. The number of phenolic OH excluding ortho intramolecular Hbond substituents is 5. The second-order valence-electron chi connectivity index (χ2n) is 9.31. The highest BCUT2D eigenvalue weighted by atomic mass is 16.5. The number of carbonyl (C=O) groups is 3. The number of carbonyl (C=O) groups excluding carboxylic acids is 3. The molecule has 0 aromatic heterocycles. The van der Waals surface area contributed by atoms with Crippen LogP contribution < -0.4 is 4.74 Å². The lowest BCUT2D eigenvalue weighted by atomic mass is 9.68. The molecular weight excluding hydrogens is 444 g/mol. The molecule has 1 aliphatic rings. The summed E-state index contributed by atoms with van der Waals surface area (Å²) >= 11 is 0. The number of hydrogen-bond donors (Lipinski definition) is 5. The van der Waals surface area contributed by atoms with Crippen molar-refractivity contribution in [2.24, 2.45) is 17.8 Å². The minimum Gasteiger partial charge on any atom is -0.507 e. The summed E-state index contributed by atoms with van der Waals surface area (Å²) in [7, 11) is 0. The van der Waals surface area contributed by atoms with Crippen LogP contribution in [0.15, 0.2) is 6.07 Å². The van der Waals surface area contributed by atoms with Crippen LogP contribution in [-0.2, 0) is 0 Å². The molecule has 0 spiro atoms. The van der Waals surface area contributed by atoms with Crippen LogP contribution in [0.5, 0.6) is 34.5 Å². The Morgan fingerprint density at radius 2 is 1.29 bits per heavy atom. The standard InChI is InChI=1S/C25H28O9/c1-10(2)5-12-18(11(3)4)25(34-17-6-16(29)13(7-26)22(31)19(12)17)20-23(32)14(8-27)21(30)15(9-28)24(20)33/h6-12,18,25,29-33H,5H2,1-4H3/t12-,18+,25+/m0/s1. The summed E-state index contributed by atoms with van der Waals surface area (Å²) in [6, 6.07) is 1.17. The molecule has 3 rings (SSSR count). The highest BCUT2D eigenvalue weighted by Crippen LogP contribution is 2.58. The number of ether oxygens (including phenoxy) is 1. The fourth-order valence-electron chi connectivity index (χ4n) is 4.97. The zero-order valence-electron chi connectivity index (χ0n) is 19.3. The fourth-order valence-corrected chi connectivity index (χ4v) is 4.97. The van der Waals surface area contributed by atoms with Gasteiger partial charge in [-0.2, -0.15) is 0 Å². The van der Waals surface area contributed by atoms with Gasteiger partial charge in [-0.15, -0.1) is 0 Å². The third kappa shape index (κ3) is 3.81. The first-order valence-corrected chi connectivity index (χ1v) is 10.9. The molecule has 0 aliphatic carbocycles. The molecule has 1 heterocycles. The molecule has 3 atom stereocenters. The SMILES string of the molecule is CC(C)C[C@@H]1c2c(cc(O)c(C=O)c2O)O[C@@H](c2c(O)c(C=O)c(O)c(C=O)c2O)[C@@H]1C(C)C. The molecule has 2 aromatic rings. The number of fused-ring (bicyclic) bond motifs is 1. The van der Waals surface area contributed by atoms with Crippen molar-refractivity contribution >= 4 is 18.9 Å². The van der Waals surface area contributed by atoms with Crippen molar-refractivity contribution in [1.82, 2.24) is 0 Å². The number of hydrogen-bond acceptors (Lipinski definition) is 9. The lowest BCUT2D eigenvalue weighted by Gasteiger charge is -2.43. The van der Waals surface area contributed by atoms with E-state index < -0.39 is 57.8 Å². The van der Waals surface area contributed by atoms with Gasteiger partial charge >= 0.3 is 0 Å². The molecule has 0 amide bonds. The molecule has 0 bridgehead atoms. The molecule has 0 unspecified atom stereocenters. The highest BCUT2D eigenvalue weighted by molar-refractivity contribution is 5.95. The predicted octanol–water partition coefficient (Wildman–Crippen LogP) is 4.19. The maximum Gasteiger partial charge on any atom is 0.157 e. The molecule has 0 saturated heterocycles. The molecule has 34 heavy (non-hydrogen) atoms. The molecule has 182 valence electrons. The lowest BCUT2D eigenvalue weighted by Crippen LogP contribution is -2.34. The minimum absolute atomic E-state index is 0.0281. The second kappa shape index (κ2) is 9.24. The van der Waals surface area contributed by atoms with Gasteiger partial charge in [0.1, 0.15) is 40.6 Å². The molecule has 0 fully saturated rings. The summed E-state index contributed by atoms with van der Waals surface area (Å²) in [4.78, 5) is 34.7. The van der Waals surface area contributed by atoms with Crippen molar-refractivity contribution < 1.29 is 44.7 Å². The summed E-state index contributed by atoms with van der Waals surface area (Å²) in [6.07, 6.45) is 0.0590. The molecule has 9 heteroatoms. The topological polar surface area (TPSA) is 162 Å². The average Bonchev–Trinajstić information content (AvgIpc) is 2.73. The third-order valence-corrected chi connectivity index (χ3v) is 6.42. The first-order valence-electron chi connectivity index (χ1n) is 10.9. The van der Waals surface area contributed by atoms with Gasteiger partial charge in [-0.25, -0.2) is 0 Å². The van der Waals surface area contributed by atoms with Gasteiger partial charge in [-0.1, -0.05) is 27.7 Å². The molecule has 1 aliphatic heterocycles. The van der Waals surface area contributed by atoms with Crippen LogP contribution in [0.4, 0.5) is 0 Å². The van der Waals surface area contributed by atoms with Crippen LogP contribution in [0, 0.1) is 17.8 Å². The van der Waals surface area contributed by atoms with Crippen molar-refractivity contribution in [3.05, 3.63) is 33.9 Å². The maximum atomic E-state index is 11.6. The summed E-state index contributed by atoms with van der Waals surface area (Å²) in [5.74, 6) is -4.28. The van der Waals surface area contributed by atoms with Crippen molar-refractivity contribution in [1.29, 1.82) is 0 Å². The Hall–Kier alpha value is -3.75. The van der Waals surface area contributed by atoms with E-state index >= 15 is 0 Å². The van der Waals surface area contributed by atoms with Crippen molar-refractivity contribution in [3.8, 4) is 34.5 Å². The Labute approximate surface area is 196 Å². The Kier molecular flexibility index (Phi) is 6.77. The smallest absolute Gasteiger partial charge is 0.157 e. The number of benzene rings is 2. The van der Waals surface area contributed by atoms with E-state index in [1.807, 2.05) is 27.7 Å². The van der Waals surface area contributed by atoms with Crippen molar-refractivity contribution in [3.63, 3.8) is 0 Å². The largest absolute Gasteiger partial charge is 0.507 e. The Morgan fingerprint density at radius 3 is 1.74 bits per heavy atom. The maximum absolute atomic E-state index is 11.6. The van der Waals surface area contributed by atoms with Gasteiger partial charge in [0.25, 0.3) is 0 Å².